The average Bonchev–Trinajstić information content (AvgIpc) is 2.73. The van der Waals surface area contributed by atoms with E-state index in [4.69, 9.17) is 4.74 Å². The molecule has 2 N–H and O–H groups in total. The monoisotopic (exact) mass is 396 g/mol. The quantitative estimate of drug-likeness (QED) is 0.757. The van der Waals surface area contributed by atoms with Gasteiger partial charge in [0.1, 0.15) is 0 Å². The molecule has 0 atom stereocenters. The highest BCUT2D eigenvalue weighted by atomic mass is 32.2. The minimum Gasteiger partial charge on any atom is -0.396 e. The Kier molecular flexibility index (Phi) is 6.52. The SMILES string of the molecule is O=C(NCC1(CO)CCOCC1)c1ccc(S(=O)(=O)N2CCCCC2)cc1. The number of ether oxygens (including phenoxy) is 1. The summed E-state index contributed by atoms with van der Waals surface area (Å²) in [5, 5.41) is 12.6. The van der Waals surface area contributed by atoms with Crippen LogP contribution in [0.4, 0.5) is 0 Å². The minimum atomic E-state index is -3.49. The van der Waals surface area contributed by atoms with Crippen LogP contribution in [-0.2, 0) is 14.8 Å². The maximum absolute atomic E-state index is 12.7. The summed E-state index contributed by atoms with van der Waals surface area (Å²) in [6.07, 6.45) is 4.24. The molecule has 2 saturated heterocycles. The molecular formula is C19H28N2O5S. The van der Waals surface area contributed by atoms with Gasteiger partial charge in [0.05, 0.1) is 11.5 Å². The van der Waals surface area contributed by atoms with Crippen LogP contribution in [-0.4, -0.2) is 63.2 Å². The van der Waals surface area contributed by atoms with Crippen molar-refractivity contribution in [2.75, 3.05) is 39.5 Å². The first-order valence-corrected chi connectivity index (χ1v) is 11.0. The molecule has 3 rings (SSSR count). The van der Waals surface area contributed by atoms with Gasteiger partial charge in [0, 0.05) is 43.8 Å². The summed E-state index contributed by atoms with van der Waals surface area (Å²) in [7, 11) is -3.49. The number of nitrogens with one attached hydrogen (secondary N) is 1. The number of carbonyl (C=O) groups excluding carboxylic acids is 1. The average molecular weight is 397 g/mol. The third-order valence-corrected chi connectivity index (χ3v) is 7.49. The van der Waals surface area contributed by atoms with Crippen molar-refractivity contribution < 1.29 is 23.1 Å². The first-order chi connectivity index (χ1) is 13.0. The van der Waals surface area contributed by atoms with E-state index in [1.54, 1.807) is 12.1 Å². The third-order valence-electron chi connectivity index (χ3n) is 5.58. The molecule has 0 saturated carbocycles. The molecule has 0 spiro atoms. The summed E-state index contributed by atoms with van der Waals surface area (Å²) in [6.45, 7) is 2.65. The predicted molar refractivity (Wildman–Crippen MR) is 101 cm³/mol. The van der Waals surface area contributed by atoms with Gasteiger partial charge >= 0.3 is 0 Å². The van der Waals surface area contributed by atoms with Gasteiger partial charge in [-0.3, -0.25) is 4.79 Å². The highest BCUT2D eigenvalue weighted by molar-refractivity contribution is 7.89. The molecular weight excluding hydrogens is 368 g/mol. The van der Waals surface area contributed by atoms with Crippen LogP contribution >= 0.6 is 0 Å². The lowest BCUT2D eigenvalue weighted by molar-refractivity contribution is -0.0146. The maximum atomic E-state index is 12.7. The Hall–Kier alpha value is -1.48. The van der Waals surface area contributed by atoms with Gasteiger partial charge < -0.3 is 15.2 Å². The molecule has 0 aliphatic carbocycles. The van der Waals surface area contributed by atoms with Crippen molar-refractivity contribution in [3.63, 3.8) is 0 Å². The first kappa shape index (κ1) is 20.3. The number of piperidine rings is 1. The Morgan fingerprint density at radius 3 is 2.33 bits per heavy atom. The molecule has 0 aromatic heterocycles. The molecule has 2 heterocycles. The topological polar surface area (TPSA) is 95.9 Å². The van der Waals surface area contributed by atoms with E-state index in [0.29, 0.717) is 51.3 Å². The van der Waals surface area contributed by atoms with Gasteiger partial charge in [-0.05, 0) is 49.9 Å². The van der Waals surface area contributed by atoms with Crippen molar-refractivity contribution in [2.45, 2.75) is 37.0 Å². The van der Waals surface area contributed by atoms with E-state index < -0.39 is 10.0 Å². The van der Waals surface area contributed by atoms with Crippen molar-refractivity contribution in [2.24, 2.45) is 5.41 Å². The second-order valence-electron chi connectivity index (χ2n) is 7.44. The van der Waals surface area contributed by atoms with Gasteiger partial charge in [0.15, 0.2) is 0 Å². The van der Waals surface area contributed by atoms with E-state index in [1.807, 2.05) is 0 Å². The fraction of sp³-hybridized carbons (Fsp3) is 0.632. The molecule has 1 aromatic carbocycles. The van der Waals surface area contributed by atoms with E-state index in [0.717, 1.165) is 19.3 Å². The van der Waals surface area contributed by atoms with Crippen LogP contribution in [0.1, 0.15) is 42.5 Å². The molecule has 2 fully saturated rings. The number of amides is 1. The summed E-state index contributed by atoms with van der Waals surface area (Å²) in [5.41, 5.74) is 0.0681. The lowest BCUT2D eigenvalue weighted by atomic mass is 9.81. The van der Waals surface area contributed by atoms with Crippen LogP contribution < -0.4 is 5.32 Å². The lowest BCUT2D eigenvalue weighted by Crippen LogP contribution is -2.43. The fourth-order valence-corrected chi connectivity index (χ4v) is 5.11. The number of carbonyl (C=O) groups is 1. The Labute approximate surface area is 160 Å². The van der Waals surface area contributed by atoms with Crippen molar-refractivity contribution in [1.29, 1.82) is 0 Å². The van der Waals surface area contributed by atoms with Crippen molar-refractivity contribution in [1.82, 2.24) is 9.62 Å². The number of nitrogens with zero attached hydrogens (tertiary/aromatic N) is 1. The smallest absolute Gasteiger partial charge is 0.251 e. The molecule has 0 bridgehead atoms. The van der Waals surface area contributed by atoms with Crippen molar-refractivity contribution in [3.05, 3.63) is 29.8 Å². The van der Waals surface area contributed by atoms with Crippen LogP contribution in [0.2, 0.25) is 0 Å². The molecule has 7 nitrogen and oxygen atoms in total. The van der Waals surface area contributed by atoms with E-state index in [2.05, 4.69) is 5.32 Å². The molecule has 1 amide bonds. The summed E-state index contributed by atoms with van der Waals surface area (Å²) in [4.78, 5) is 12.6. The Morgan fingerprint density at radius 1 is 1.11 bits per heavy atom. The van der Waals surface area contributed by atoms with E-state index in [1.165, 1.54) is 16.4 Å². The van der Waals surface area contributed by atoms with Crippen LogP contribution in [0, 0.1) is 5.41 Å². The van der Waals surface area contributed by atoms with Crippen LogP contribution in [0.3, 0.4) is 0 Å². The molecule has 150 valence electrons. The third kappa shape index (κ3) is 4.68. The van der Waals surface area contributed by atoms with E-state index >= 15 is 0 Å². The van der Waals surface area contributed by atoms with Crippen LogP contribution in [0.15, 0.2) is 29.2 Å². The zero-order chi connectivity index (χ0) is 19.3. The number of benzene rings is 1. The number of hydrogen-bond donors (Lipinski definition) is 2. The van der Waals surface area contributed by atoms with Crippen LogP contribution in [0.25, 0.3) is 0 Å². The second kappa shape index (κ2) is 8.68. The highest BCUT2D eigenvalue weighted by Crippen LogP contribution is 2.29. The van der Waals surface area contributed by atoms with Gasteiger partial charge in [-0.1, -0.05) is 6.42 Å². The maximum Gasteiger partial charge on any atom is 0.251 e. The Morgan fingerprint density at radius 2 is 1.74 bits per heavy atom. The van der Waals surface area contributed by atoms with Gasteiger partial charge in [-0.15, -0.1) is 0 Å². The van der Waals surface area contributed by atoms with E-state index in [9.17, 15) is 18.3 Å². The molecule has 27 heavy (non-hydrogen) atoms. The summed E-state index contributed by atoms with van der Waals surface area (Å²) >= 11 is 0. The first-order valence-electron chi connectivity index (χ1n) is 9.54. The highest BCUT2D eigenvalue weighted by Gasteiger charge is 2.32. The second-order valence-corrected chi connectivity index (χ2v) is 9.38. The molecule has 8 heteroatoms. The number of sulfonamides is 1. The van der Waals surface area contributed by atoms with Gasteiger partial charge in [-0.2, -0.15) is 4.31 Å². The standard InChI is InChI=1S/C19H28N2O5S/c22-15-19(8-12-26-13-9-19)14-20-18(23)16-4-6-17(7-5-16)27(24,25)21-10-2-1-3-11-21/h4-7,22H,1-3,8-15H2,(H,20,23). The van der Waals surface area contributed by atoms with Crippen LogP contribution in [0.5, 0.6) is 0 Å². The molecule has 2 aliphatic heterocycles. The summed E-state index contributed by atoms with van der Waals surface area (Å²) in [6, 6.07) is 6.08. The van der Waals surface area contributed by atoms with Gasteiger partial charge in [-0.25, -0.2) is 8.42 Å². The van der Waals surface area contributed by atoms with Crippen molar-refractivity contribution in [3.8, 4) is 0 Å². The Balaban J connectivity index is 1.63. The Bertz CT molecular complexity index is 736. The number of rotatable bonds is 6. The van der Waals surface area contributed by atoms with Gasteiger partial charge in [0.25, 0.3) is 5.91 Å². The van der Waals surface area contributed by atoms with E-state index in [-0.39, 0.29) is 22.8 Å². The largest absolute Gasteiger partial charge is 0.396 e. The molecule has 0 unspecified atom stereocenters. The number of hydrogen-bond acceptors (Lipinski definition) is 5. The predicted octanol–water partition coefficient (Wildman–Crippen LogP) is 1.38. The molecule has 0 radical (unpaired) electrons. The fourth-order valence-electron chi connectivity index (χ4n) is 3.60. The normalized spacial score (nSPS) is 20.9. The zero-order valence-electron chi connectivity index (χ0n) is 15.5. The number of aliphatic hydroxyl groups excluding tert-OH is 1. The summed E-state index contributed by atoms with van der Waals surface area (Å²) < 4.78 is 32.2. The molecule has 1 aromatic rings. The minimum absolute atomic E-state index is 0.00363. The lowest BCUT2D eigenvalue weighted by Gasteiger charge is -2.35. The summed E-state index contributed by atoms with van der Waals surface area (Å²) in [5.74, 6) is -0.267. The van der Waals surface area contributed by atoms with Gasteiger partial charge in [0.2, 0.25) is 10.0 Å². The molecule has 2 aliphatic rings. The number of aliphatic hydroxyl groups is 1. The zero-order valence-corrected chi connectivity index (χ0v) is 16.3. The van der Waals surface area contributed by atoms with Crippen molar-refractivity contribution >= 4 is 15.9 Å².